The van der Waals surface area contributed by atoms with Gasteiger partial charge in [-0.05, 0) is 0 Å². The maximum Gasteiger partial charge on any atom is 0.217 e. The van der Waals surface area contributed by atoms with Gasteiger partial charge in [0.05, 0.1) is 52.9 Å². The number of aliphatic hydroxyl groups excluding tert-OH is 22. The summed E-state index contributed by atoms with van der Waals surface area (Å²) in [7, 11) is 0. The molecule has 0 spiro atoms. The Morgan fingerprint density at radius 1 is 0.257 bits per heavy atom. The summed E-state index contributed by atoms with van der Waals surface area (Å²) in [4.78, 5) is 50.7. The second-order valence-electron chi connectivity index (χ2n) is 25.4. The van der Waals surface area contributed by atoms with Crippen LogP contribution in [0.5, 0.6) is 0 Å². The van der Waals surface area contributed by atoms with Gasteiger partial charge in [0.1, 0.15) is 195 Å². The molecule has 8 aliphatic heterocycles. The van der Waals surface area contributed by atoms with Crippen LogP contribution in [0.1, 0.15) is 27.7 Å². The Kier molecular flexibility index (Phi) is 29.9. The average molecular weight is 1480 g/mol. The van der Waals surface area contributed by atoms with Gasteiger partial charge >= 0.3 is 0 Å². The van der Waals surface area contributed by atoms with Gasteiger partial charge in [0.25, 0.3) is 0 Å². The number of hydrogen-bond donors (Lipinski definition) is 26. The van der Waals surface area contributed by atoms with Crippen molar-refractivity contribution in [3.05, 3.63) is 0 Å². The van der Waals surface area contributed by atoms with Crippen molar-refractivity contribution in [2.75, 3.05) is 52.9 Å². The number of rotatable bonds is 26. The zero-order chi connectivity index (χ0) is 74.5. The van der Waals surface area contributed by atoms with Crippen LogP contribution >= 0.6 is 0 Å². The van der Waals surface area contributed by atoms with E-state index in [0.29, 0.717) is 0 Å². The number of nitrogens with one attached hydrogen (secondary N) is 4. The van der Waals surface area contributed by atoms with Gasteiger partial charge in [-0.3, -0.25) is 19.2 Å². The van der Waals surface area contributed by atoms with Crippen LogP contribution in [0.25, 0.3) is 0 Å². The Morgan fingerprint density at radius 3 is 0.970 bits per heavy atom. The van der Waals surface area contributed by atoms with E-state index in [0.717, 1.165) is 27.7 Å². The standard InChI is InChI=1S/C56H94N4O41/c1-13(68)57-25-36(79)43(22(10-66)88-49(25)86)97-54-42(85)46(99-56-48(40(83)33(76)21(9-65)93-56)101-51-27(59-15(3)70)35(78)30(73)18(6-62)90-51)45(98-50-26(58-14(2)69)34(77)29(72)17(5-61)89-50)24(95-54)12-87-55-47(39(82)32(75)20(8-64)92-55)100-52-28(60-16(4)71)37(80)44(23(11-67)94-52)96-53-41(84)38(81)31(74)19(7-63)91-53/h17-56,61-67,72-86H,5-12H2,1-4H3,(H,57,68)(H,58,69)(H,59,70)(H,60,71)/t17-,18-,19-,20-,21-,22-,23-,24-,25-,26-,27-,28-,29-,30-,31+,32-,33-,34-,35-,36-,37-,38+,39+,40+,41-,42+,43-,44-,45-,46-,47+,48+,49-,50+,51+,52+,53+,54+,55+,56-/m1/s1. The van der Waals surface area contributed by atoms with E-state index in [1.54, 1.807) is 0 Å². The Morgan fingerprint density at radius 2 is 0.545 bits per heavy atom. The molecular formula is C56H94N4O41. The lowest BCUT2D eigenvalue weighted by Gasteiger charge is -2.52. The van der Waals surface area contributed by atoms with Crippen molar-refractivity contribution in [3.63, 3.8) is 0 Å². The van der Waals surface area contributed by atoms with Crippen LogP contribution in [0.15, 0.2) is 0 Å². The molecule has 8 aliphatic rings. The van der Waals surface area contributed by atoms with Crippen molar-refractivity contribution in [1.29, 1.82) is 0 Å². The molecule has 8 rings (SSSR count). The molecule has 584 valence electrons. The summed E-state index contributed by atoms with van der Waals surface area (Å²) in [5.41, 5.74) is 0. The first-order valence-corrected chi connectivity index (χ1v) is 32.1. The molecule has 0 aromatic heterocycles. The van der Waals surface area contributed by atoms with E-state index in [-0.39, 0.29) is 0 Å². The zero-order valence-corrected chi connectivity index (χ0v) is 54.3. The van der Waals surface area contributed by atoms with E-state index < -0.39 is 322 Å². The molecule has 0 saturated carbocycles. The van der Waals surface area contributed by atoms with E-state index in [9.17, 15) is 132 Å². The van der Waals surface area contributed by atoms with Crippen molar-refractivity contribution in [3.8, 4) is 0 Å². The lowest BCUT2D eigenvalue weighted by molar-refractivity contribution is -0.406. The molecule has 8 heterocycles. The summed E-state index contributed by atoms with van der Waals surface area (Å²) in [5.74, 6) is -3.61. The number of amides is 4. The van der Waals surface area contributed by atoms with Gasteiger partial charge in [-0.1, -0.05) is 0 Å². The van der Waals surface area contributed by atoms with Crippen molar-refractivity contribution >= 4 is 23.6 Å². The maximum atomic E-state index is 12.9. The van der Waals surface area contributed by atoms with Crippen molar-refractivity contribution in [2.45, 2.75) is 273 Å². The van der Waals surface area contributed by atoms with Gasteiger partial charge in [0.2, 0.25) is 23.6 Å². The highest BCUT2D eigenvalue weighted by atomic mass is 16.8. The molecule has 0 bridgehead atoms. The number of carbonyl (C=O) groups excluding carboxylic acids is 4. The highest BCUT2D eigenvalue weighted by molar-refractivity contribution is 5.74. The molecule has 0 aromatic carbocycles. The normalized spacial score (nSPS) is 48.3. The third-order valence-corrected chi connectivity index (χ3v) is 18.3. The van der Waals surface area contributed by atoms with E-state index in [4.69, 9.17) is 71.1 Å². The van der Waals surface area contributed by atoms with Gasteiger partial charge in [-0.15, -0.1) is 0 Å². The summed E-state index contributed by atoms with van der Waals surface area (Å²) in [6.45, 7) is -4.96. The van der Waals surface area contributed by atoms with Crippen molar-refractivity contribution in [1.82, 2.24) is 21.3 Å². The second kappa shape index (κ2) is 36.3. The predicted octanol–water partition coefficient (Wildman–Crippen LogP) is -17.9. The molecule has 8 saturated heterocycles. The first-order chi connectivity index (χ1) is 47.8. The number of carbonyl (C=O) groups is 4. The van der Waals surface area contributed by atoms with Crippen molar-refractivity contribution in [2.24, 2.45) is 0 Å². The smallest absolute Gasteiger partial charge is 0.217 e. The quantitative estimate of drug-likeness (QED) is 0.0382. The minimum atomic E-state index is -2.58. The highest BCUT2D eigenvalue weighted by Gasteiger charge is 2.61. The summed E-state index contributed by atoms with van der Waals surface area (Å²) in [6, 6.07) is -7.43. The first-order valence-electron chi connectivity index (χ1n) is 32.1. The van der Waals surface area contributed by atoms with Crippen LogP contribution in [0.2, 0.25) is 0 Å². The summed E-state index contributed by atoms with van der Waals surface area (Å²) in [6.07, 6.45) is -75.5. The first kappa shape index (κ1) is 83.0. The molecule has 0 radical (unpaired) electrons. The van der Waals surface area contributed by atoms with Crippen molar-refractivity contribution < 1.29 is 203 Å². The SMILES string of the molecule is CC(=O)N[C@@H]1[C@@H](O)[C@H](O[C@@H]2O[C@H](CO[C@H]3O[C@H](CO)[C@@H](O)[C@H](O)[C@@H]3O[C@@H]3O[C@H](CO)[C@@H](O[C@@H]4O[C@H](CO)[C@H](O)[C@H](O)[C@H]4O)[C@H](O)[C@H]3NC(C)=O)[C@@H](O[C@@H]3O[C@H](CO)[C@@H](O)[C@H](O)[C@H]3NC(C)=O)[C@H](O[C@H]3O[C@H](CO)[C@@H](O)[C@H](O)[C@@H]3O[C@@H]3O[C@H](CO)[C@@H](O)[C@H](O)[C@H]3NC(C)=O)[C@@H]2O)[C@@H](CO)O[C@H]1O. The van der Waals surface area contributed by atoms with Gasteiger partial charge in [-0.25, -0.2) is 0 Å². The fourth-order valence-electron chi connectivity index (χ4n) is 13.0. The van der Waals surface area contributed by atoms with E-state index >= 15 is 0 Å². The minimum absolute atomic E-state index is 0.859. The van der Waals surface area contributed by atoms with Crippen LogP contribution in [0.4, 0.5) is 0 Å². The molecule has 8 fully saturated rings. The molecule has 0 unspecified atom stereocenters. The van der Waals surface area contributed by atoms with Crippen LogP contribution in [-0.4, -0.2) is 434 Å². The van der Waals surface area contributed by atoms with E-state index in [2.05, 4.69) is 21.3 Å². The molecule has 0 aromatic rings. The topological polar surface area (TPSA) is 700 Å². The summed E-state index contributed by atoms with van der Waals surface area (Å²) in [5, 5.41) is 253. The lowest BCUT2D eigenvalue weighted by atomic mass is 9.94. The Labute approximate surface area is 572 Å². The largest absolute Gasteiger partial charge is 0.394 e. The lowest BCUT2D eigenvalue weighted by Crippen LogP contribution is -2.71. The third kappa shape index (κ3) is 18.5. The molecule has 45 nitrogen and oxygen atoms in total. The van der Waals surface area contributed by atoms with Crippen LogP contribution in [0.3, 0.4) is 0 Å². The number of hydrogen-bond acceptors (Lipinski definition) is 41. The van der Waals surface area contributed by atoms with Crippen LogP contribution < -0.4 is 21.3 Å². The Balaban J connectivity index is 1.23. The van der Waals surface area contributed by atoms with E-state index in [1.807, 2.05) is 0 Å². The predicted molar refractivity (Wildman–Crippen MR) is 311 cm³/mol. The summed E-state index contributed by atoms with van der Waals surface area (Å²) >= 11 is 0. The highest BCUT2D eigenvalue weighted by Crippen LogP contribution is 2.40. The fourth-order valence-corrected chi connectivity index (χ4v) is 13.0. The third-order valence-electron chi connectivity index (χ3n) is 18.3. The molecule has 26 N–H and O–H groups in total. The monoisotopic (exact) mass is 1480 g/mol. The molecule has 45 heteroatoms. The minimum Gasteiger partial charge on any atom is -0.394 e. The molecule has 4 amide bonds. The van der Waals surface area contributed by atoms with Gasteiger partial charge in [-0.2, -0.15) is 0 Å². The Hall–Kier alpha value is -3.60. The van der Waals surface area contributed by atoms with Gasteiger partial charge < -0.3 is 205 Å². The molecule has 101 heavy (non-hydrogen) atoms. The number of ether oxygens (including phenoxy) is 15. The maximum absolute atomic E-state index is 12.9. The fraction of sp³-hybridized carbons (Fsp3) is 0.929. The van der Waals surface area contributed by atoms with Crippen LogP contribution in [0, 0.1) is 0 Å². The van der Waals surface area contributed by atoms with E-state index in [1.165, 1.54) is 0 Å². The Bertz CT molecular complexity index is 2640. The van der Waals surface area contributed by atoms with Gasteiger partial charge in [0.15, 0.2) is 50.3 Å². The van der Waals surface area contributed by atoms with Crippen LogP contribution in [-0.2, 0) is 90.2 Å². The second-order valence-corrected chi connectivity index (χ2v) is 25.4. The zero-order valence-electron chi connectivity index (χ0n) is 54.3. The summed E-state index contributed by atoms with van der Waals surface area (Å²) < 4.78 is 90.4. The molecule has 0 aliphatic carbocycles. The molecular weight excluding hydrogens is 1380 g/mol. The number of aliphatic hydroxyl groups is 22. The van der Waals surface area contributed by atoms with Gasteiger partial charge in [0, 0.05) is 27.7 Å². The molecule has 40 atom stereocenters. The average Bonchev–Trinajstić information content (AvgIpc) is 0.766.